The van der Waals surface area contributed by atoms with Crippen molar-refractivity contribution in [3.63, 3.8) is 0 Å². The van der Waals surface area contributed by atoms with Gasteiger partial charge in [-0.3, -0.25) is 9.59 Å². The number of nitrogens with one attached hydrogen (secondary N) is 2. The van der Waals surface area contributed by atoms with Gasteiger partial charge in [-0.1, -0.05) is 18.2 Å². The Kier molecular flexibility index (Phi) is 4.99. The van der Waals surface area contributed by atoms with E-state index in [0.717, 1.165) is 16.8 Å². The number of likely N-dealkylation sites (tertiary alicyclic amines) is 1. The summed E-state index contributed by atoms with van der Waals surface area (Å²) in [5, 5.41) is 3.80. The number of benzene rings is 2. The van der Waals surface area contributed by atoms with E-state index < -0.39 is 5.54 Å². The summed E-state index contributed by atoms with van der Waals surface area (Å²) in [5.41, 5.74) is 2.22. The maximum absolute atomic E-state index is 14.7. The highest BCUT2D eigenvalue weighted by Crippen LogP contribution is 2.42. The monoisotopic (exact) mass is 437 g/mol. The van der Waals surface area contributed by atoms with Crippen LogP contribution in [0.1, 0.15) is 42.0 Å². The van der Waals surface area contributed by atoms with Gasteiger partial charge in [0.15, 0.2) is 0 Å². The predicted molar refractivity (Wildman–Crippen MR) is 117 cm³/mol. The first-order valence-corrected chi connectivity index (χ1v) is 11.0. The van der Waals surface area contributed by atoms with E-state index in [-0.39, 0.29) is 35.8 Å². The fourth-order valence-electron chi connectivity index (χ4n) is 5.45. The van der Waals surface area contributed by atoms with E-state index in [9.17, 15) is 18.4 Å². The number of amides is 2. The number of aromatic amines is 1. The molecule has 3 heterocycles. The van der Waals surface area contributed by atoms with Gasteiger partial charge in [0.05, 0.1) is 12.0 Å². The third kappa shape index (κ3) is 3.45. The van der Waals surface area contributed by atoms with Gasteiger partial charge in [0.2, 0.25) is 11.8 Å². The molecule has 0 bridgehead atoms. The Morgan fingerprint density at radius 1 is 1.22 bits per heavy atom. The average molecular weight is 437 g/mol. The van der Waals surface area contributed by atoms with Crippen LogP contribution in [0.2, 0.25) is 0 Å². The van der Waals surface area contributed by atoms with E-state index in [1.807, 2.05) is 6.92 Å². The summed E-state index contributed by atoms with van der Waals surface area (Å²) in [7, 11) is 0. The fourth-order valence-corrected chi connectivity index (χ4v) is 5.45. The molecule has 2 aromatic carbocycles. The second-order valence-corrected chi connectivity index (χ2v) is 9.00. The van der Waals surface area contributed by atoms with Crippen LogP contribution in [-0.4, -0.2) is 40.3 Å². The van der Waals surface area contributed by atoms with Gasteiger partial charge in [-0.15, -0.1) is 0 Å². The Morgan fingerprint density at radius 3 is 2.81 bits per heavy atom. The number of H-pyrrole nitrogens is 1. The van der Waals surface area contributed by atoms with Crippen molar-refractivity contribution in [3.05, 3.63) is 70.9 Å². The highest BCUT2D eigenvalue weighted by molar-refractivity contribution is 5.90. The minimum absolute atomic E-state index is 0.0603. The summed E-state index contributed by atoms with van der Waals surface area (Å²) in [6.45, 7) is 2.54. The molecule has 2 aliphatic rings. The van der Waals surface area contributed by atoms with Gasteiger partial charge in [-0.2, -0.15) is 0 Å². The van der Waals surface area contributed by atoms with Gasteiger partial charge < -0.3 is 15.2 Å². The molecule has 32 heavy (non-hydrogen) atoms. The number of nitrogens with zero attached hydrogens (tertiary/aromatic N) is 1. The molecule has 2 saturated heterocycles. The van der Waals surface area contributed by atoms with Crippen molar-refractivity contribution < 1.29 is 18.4 Å². The first-order chi connectivity index (χ1) is 15.4. The molecule has 0 unspecified atom stereocenters. The van der Waals surface area contributed by atoms with Gasteiger partial charge in [0.1, 0.15) is 11.6 Å². The molecule has 2 amide bonds. The highest BCUT2D eigenvalue weighted by Gasteiger charge is 2.51. The molecule has 3 aromatic rings. The van der Waals surface area contributed by atoms with Crippen LogP contribution in [0.3, 0.4) is 0 Å². The van der Waals surface area contributed by atoms with Crippen LogP contribution in [0.15, 0.2) is 42.5 Å². The summed E-state index contributed by atoms with van der Waals surface area (Å²) in [6, 6.07) is 11.1. The highest BCUT2D eigenvalue weighted by atomic mass is 19.1. The standard InChI is InChI=1S/C25H25F2N3O2/c1-15-18(19-11-16(26)8-9-22(19)28-15)12-24(32)30-13-20(17-5-2-3-6-21(17)27)25(14-30)10-4-7-23(31)29-25/h2-3,5-6,8-9,11,20,28H,4,7,10,12-14H2,1H3,(H,29,31)/t20-,25+/m0/s1. The zero-order valence-corrected chi connectivity index (χ0v) is 17.9. The molecule has 7 heteroatoms. The lowest BCUT2D eigenvalue weighted by Gasteiger charge is -2.39. The van der Waals surface area contributed by atoms with E-state index in [4.69, 9.17) is 0 Å². The summed E-state index contributed by atoms with van der Waals surface area (Å²) >= 11 is 0. The van der Waals surface area contributed by atoms with Gasteiger partial charge in [-0.25, -0.2) is 8.78 Å². The number of carbonyl (C=O) groups is 2. The van der Waals surface area contributed by atoms with Crippen LogP contribution in [0.5, 0.6) is 0 Å². The third-order valence-corrected chi connectivity index (χ3v) is 7.00. The molecule has 5 nitrogen and oxygen atoms in total. The number of rotatable bonds is 3. The average Bonchev–Trinajstić information content (AvgIpc) is 3.26. The van der Waals surface area contributed by atoms with Gasteiger partial charge >= 0.3 is 0 Å². The van der Waals surface area contributed by atoms with Crippen LogP contribution in [-0.2, 0) is 16.0 Å². The zero-order chi connectivity index (χ0) is 22.5. The Labute approximate surface area is 184 Å². The smallest absolute Gasteiger partial charge is 0.227 e. The topological polar surface area (TPSA) is 65.2 Å². The first kappa shape index (κ1) is 20.7. The Bertz CT molecular complexity index is 1220. The van der Waals surface area contributed by atoms with Crippen LogP contribution in [0, 0.1) is 18.6 Å². The normalized spacial score (nSPS) is 23.2. The predicted octanol–water partition coefficient (Wildman–Crippen LogP) is 3.96. The van der Waals surface area contributed by atoms with Crippen molar-refractivity contribution >= 4 is 22.7 Å². The lowest BCUT2D eigenvalue weighted by molar-refractivity contribution is -0.131. The molecule has 2 fully saturated rings. The lowest BCUT2D eigenvalue weighted by Crippen LogP contribution is -2.56. The molecule has 0 aliphatic carbocycles. The number of hydrogen-bond donors (Lipinski definition) is 2. The summed E-state index contributed by atoms with van der Waals surface area (Å²) in [5.74, 6) is -1.17. The number of aryl methyl sites for hydroxylation is 1. The number of fused-ring (bicyclic) bond motifs is 1. The van der Waals surface area contributed by atoms with Crippen LogP contribution in [0.25, 0.3) is 10.9 Å². The molecule has 1 aromatic heterocycles. The maximum Gasteiger partial charge on any atom is 0.227 e. The van der Waals surface area contributed by atoms with Crippen molar-refractivity contribution in [2.75, 3.05) is 13.1 Å². The van der Waals surface area contributed by atoms with E-state index in [1.54, 1.807) is 29.2 Å². The van der Waals surface area contributed by atoms with E-state index in [1.165, 1.54) is 18.2 Å². The van der Waals surface area contributed by atoms with Crippen LogP contribution >= 0.6 is 0 Å². The quantitative estimate of drug-likeness (QED) is 0.652. The van der Waals surface area contributed by atoms with E-state index in [2.05, 4.69) is 10.3 Å². The molecule has 0 radical (unpaired) electrons. The van der Waals surface area contributed by atoms with Gasteiger partial charge in [0.25, 0.3) is 0 Å². The van der Waals surface area contributed by atoms with Crippen molar-refractivity contribution in [3.8, 4) is 0 Å². The maximum atomic E-state index is 14.7. The molecular weight excluding hydrogens is 412 g/mol. The molecule has 5 rings (SSSR count). The number of hydrogen-bond acceptors (Lipinski definition) is 2. The van der Waals surface area contributed by atoms with E-state index in [0.29, 0.717) is 43.3 Å². The Morgan fingerprint density at radius 2 is 2.03 bits per heavy atom. The minimum Gasteiger partial charge on any atom is -0.358 e. The van der Waals surface area contributed by atoms with Crippen molar-refractivity contribution in [2.24, 2.45) is 0 Å². The summed E-state index contributed by atoms with van der Waals surface area (Å²) in [6.07, 6.45) is 1.96. The first-order valence-electron chi connectivity index (χ1n) is 11.0. The summed E-state index contributed by atoms with van der Waals surface area (Å²) in [4.78, 5) is 30.6. The largest absolute Gasteiger partial charge is 0.358 e. The second-order valence-electron chi connectivity index (χ2n) is 9.00. The molecular formula is C25H25F2N3O2. The number of piperidine rings is 1. The number of aromatic nitrogens is 1. The van der Waals surface area contributed by atoms with Crippen LogP contribution < -0.4 is 5.32 Å². The Hall–Kier alpha value is -3.22. The van der Waals surface area contributed by atoms with E-state index >= 15 is 0 Å². The van der Waals surface area contributed by atoms with Crippen molar-refractivity contribution in [1.29, 1.82) is 0 Å². The Balaban J connectivity index is 1.46. The molecule has 2 atom stereocenters. The SMILES string of the molecule is Cc1[nH]c2ccc(F)cc2c1CC(=O)N1C[C@@H](c2ccccc2F)[C@@]2(CCCC(=O)N2)C1. The number of carbonyl (C=O) groups excluding carboxylic acids is 2. The minimum atomic E-state index is -0.672. The lowest BCUT2D eigenvalue weighted by atomic mass is 9.76. The van der Waals surface area contributed by atoms with Crippen molar-refractivity contribution in [1.82, 2.24) is 15.2 Å². The molecule has 166 valence electrons. The molecule has 2 N–H and O–H groups in total. The molecule has 0 saturated carbocycles. The fraction of sp³-hybridized carbons (Fsp3) is 0.360. The van der Waals surface area contributed by atoms with Crippen molar-refractivity contribution in [2.45, 2.75) is 44.1 Å². The molecule has 2 aliphatic heterocycles. The molecule has 1 spiro atoms. The second kappa shape index (κ2) is 7.73. The zero-order valence-electron chi connectivity index (χ0n) is 17.9. The number of halogens is 2. The third-order valence-electron chi connectivity index (χ3n) is 7.00. The van der Waals surface area contributed by atoms with Gasteiger partial charge in [0, 0.05) is 42.0 Å². The van der Waals surface area contributed by atoms with Crippen LogP contribution in [0.4, 0.5) is 8.78 Å². The van der Waals surface area contributed by atoms with Gasteiger partial charge in [-0.05, 0) is 55.2 Å². The summed E-state index contributed by atoms with van der Waals surface area (Å²) < 4.78 is 28.6.